The van der Waals surface area contributed by atoms with E-state index in [1.54, 1.807) is 0 Å². The van der Waals surface area contributed by atoms with Crippen LogP contribution in [0.4, 0.5) is 0 Å². The minimum absolute atomic E-state index is 0. The van der Waals surface area contributed by atoms with Gasteiger partial charge in [0.2, 0.25) is 0 Å². The molecule has 0 aliphatic rings. The van der Waals surface area contributed by atoms with Crippen molar-refractivity contribution in [3.63, 3.8) is 0 Å². The quantitative estimate of drug-likeness (QED) is 0.506. The van der Waals surface area contributed by atoms with Gasteiger partial charge in [-0.15, -0.1) is 0 Å². The summed E-state index contributed by atoms with van der Waals surface area (Å²) < 4.78 is 0. The summed E-state index contributed by atoms with van der Waals surface area (Å²) in [6.45, 7) is -0.278. The molecule has 5 heteroatoms. The molecule has 0 bridgehead atoms. The average Bonchev–Trinajstić information content (AvgIpc) is 1.38. The summed E-state index contributed by atoms with van der Waals surface area (Å²) in [5, 5.41) is 7.60. The Kier molecular flexibility index (Phi) is 22.3. The molecule has 0 aromatic carbocycles. The van der Waals surface area contributed by atoms with Crippen LogP contribution in [0.3, 0.4) is 0 Å². The summed E-state index contributed by atoms with van der Waals surface area (Å²) in [6, 6.07) is 0. The molecule has 0 spiro atoms. The van der Waals surface area contributed by atoms with E-state index in [4.69, 9.17) is 5.11 Å². The van der Waals surface area contributed by atoms with Gasteiger partial charge in [0.15, 0.2) is 0 Å². The van der Waals surface area contributed by atoms with Crippen LogP contribution in [-0.4, -0.2) is 35.0 Å². The van der Waals surface area contributed by atoms with Crippen LogP contribution in [0.25, 0.3) is 0 Å². The molecule has 7 heavy (non-hydrogen) atoms. The largest absolute Gasteiger partial charge is 3.00 e. The first-order valence-electron chi connectivity index (χ1n) is 1.19. The van der Waals surface area contributed by atoms with Gasteiger partial charge < -0.3 is 10.8 Å². The fourth-order valence-electron chi connectivity index (χ4n) is 0. The van der Waals surface area contributed by atoms with E-state index in [0.29, 0.717) is 0 Å². The third kappa shape index (κ3) is 19.8. The molecule has 0 radical (unpaired) electrons. The van der Waals surface area contributed by atoms with Gasteiger partial charge in [-0.1, -0.05) is 0 Å². The summed E-state index contributed by atoms with van der Waals surface area (Å²) in [5.74, 6) is -0.968. The average molecular weight is 193 g/mol. The van der Waals surface area contributed by atoms with Crippen LogP contribution < -0.4 is 5.73 Å². The first-order valence-corrected chi connectivity index (χ1v) is 1.19. The molecule has 0 unspecified atom stereocenters. The second kappa shape index (κ2) is 9.96. The van der Waals surface area contributed by atoms with Crippen molar-refractivity contribution in [2.45, 2.75) is 0 Å². The number of hydrogen-bond donors (Lipinski definition) is 2. The summed E-state index contributed by atoms with van der Waals surface area (Å²) in [5.41, 5.74) is 4.57. The van der Waals surface area contributed by atoms with Crippen LogP contribution in [0, 0.1) is 0 Å². The Morgan fingerprint density at radius 1 is 1.71 bits per heavy atom. The van der Waals surface area contributed by atoms with Crippen molar-refractivity contribution in [1.29, 1.82) is 0 Å². The zero-order chi connectivity index (χ0) is 4.28. The predicted molar refractivity (Wildman–Crippen MR) is 22.4 cm³/mol. The van der Waals surface area contributed by atoms with E-state index in [2.05, 4.69) is 5.73 Å². The molecule has 3 N–H and O–H groups in total. The Morgan fingerprint density at radius 3 is 1.86 bits per heavy atom. The van der Waals surface area contributed by atoms with Crippen molar-refractivity contribution in [2.24, 2.45) is 5.73 Å². The monoisotopic (exact) mass is 192 g/mol. The fraction of sp³-hybridized carbons (Fsp3) is 0.500. The number of carboxylic acids is 1. The van der Waals surface area contributed by atoms with Crippen molar-refractivity contribution in [3.8, 4) is 0 Å². The number of rotatable bonds is 1. The van der Waals surface area contributed by atoms with Gasteiger partial charge in [0.05, 0.1) is 6.54 Å². The normalized spacial score (nSPS) is 5.29. The van der Waals surface area contributed by atoms with Crippen LogP contribution in [-0.2, 0) is 31.0 Å². The molecule has 0 aliphatic heterocycles. The van der Waals surface area contributed by atoms with Gasteiger partial charge in [0, 0.05) is 0 Å². The zero-order valence-corrected chi connectivity index (χ0v) is 7.33. The van der Waals surface area contributed by atoms with E-state index in [-0.39, 0.29) is 50.1 Å². The molecule has 3 nitrogen and oxygen atoms in total. The van der Waals surface area contributed by atoms with E-state index in [0.717, 1.165) is 0 Å². The molecular weight excluding hydrogens is 188 g/mol. The number of carboxylic acid groups (broad SMARTS) is 1. The number of nitrogens with two attached hydrogens (primary N) is 1. The van der Waals surface area contributed by atoms with Crippen molar-refractivity contribution in [3.05, 3.63) is 0 Å². The number of carbonyl (C=O) groups is 1. The zero-order valence-electron chi connectivity index (χ0n) is 3.72. The topological polar surface area (TPSA) is 63.3 Å². The standard InChI is InChI=1S/C2H5NO2.Al.Zr/c3-1-2(4)5;;/h1,3H2,(H,4,5);;/q;+3;+2. The Hall–Kier alpha value is 0.846. The summed E-state index contributed by atoms with van der Waals surface area (Å²) >= 11 is 0. The van der Waals surface area contributed by atoms with Crippen molar-refractivity contribution < 1.29 is 36.1 Å². The molecule has 0 aliphatic carbocycles. The molecule has 0 aromatic heterocycles. The minimum Gasteiger partial charge on any atom is -0.480 e. The van der Waals surface area contributed by atoms with E-state index >= 15 is 0 Å². The van der Waals surface area contributed by atoms with Gasteiger partial charge in [-0.25, -0.2) is 0 Å². The smallest absolute Gasteiger partial charge is 0.480 e. The van der Waals surface area contributed by atoms with E-state index in [1.165, 1.54) is 0 Å². The molecule has 0 heterocycles. The number of hydrogen-bond acceptors (Lipinski definition) is 2. The van der Waals surface area contributed by atoms with E-state index in [9.17, 15) is 4.79 Å². The molecule has 0 saturated heterocycles. The van der Waals surface area contributed by atoms with Crippen molar-refractivity contribution >= 4 is 23.3 Å². The summed E-state index contributed by atoms with van der Waals surface area (Å²) in [6.07, 6.45) is 0. The fourth-order valence-corrected chi connectivity index (χ4v) is 0. The predicted octanol–water partition coefficient (Wildman–Crippen LogP) is -1.35. The Balaban J connectivity index is -0.0000000800. The third-order valence-electron chi connectivity index (χ3n) is 0.175. The SMILES string of the molecule is NCC(=O)O.[Al+3].[Zr+2]. The van der Waals surface area contributed by atoms with Gasteiger partial charge in [0.1, 0.15) is 0 Å². The first kappa shape index (κ1) is 15.7. The van der Waals surface area contributed by atoms with E-state index < -0.39 is 5.97 Å². The van der Waals surface area contributed by atoms with Gasteiger partial charge in [-0.2, -0.15) is 0 Å². The molecule has 0 atom stereocenters. The van der Waals surface area contributed by atoms with Crippen LogP contribution >= 0.6 is 0 Å². The van der Waals surface area contributed by atoms with Gasteiger partial charge in [0.25, 0.3) is 0 Å². The minimum atomic E-state index is -0.968. The molecule has 32 valence electrons. The first-order chi connectivity index (χ1) is 2.27. The second-order valence-electron chi connectivity index (χ2n) is 0.598. The second-order valence-corrected chi connectivity index (χ2v) is 0.598. The maximum atomic E-state index is 9.24. The molecule has 0 fully saturated rings. The molecule has 0 amide bonds. The van der Waals surface area contributed by atoms with Gasteiger partial charge in [-0.3, -0.25) is 4.79 Å². The maximum Gasteiger partial charge on any atom is 3.00 e. The Bertz CT molecular complexity index is 51.0. The number of aliphatic carboxylic acids is 1. The molecule has 0 aromatic rings. The van der Waals surface area contributed by atoms with Crippen LogP contribution in [0.15, 0.2) is 0 Å². The maximum absolute atomic E-state index is 9.24. The van der Waals surface area contributed by atoms with Crippen molar-refractivity contribution in [2.75, 3.05) is 6.54 Å². The van der Waals surface area contributed by atoms with Gasteiger partial charge in [-0.05, 0) is 0 Å². The van der Waals surface area contributed by atoms with Crippen molar-refractivity contribution in [1.82, 2.24) is 0 Å². The molecular formula is C2H5AlNO2Zr+5. The Morgan fingerprint density at radius 2 is 1.86 bits per heavy atom. The van der Waals surface area contributed by atoms with Crippen LogP contribution in [0.5, 0.6) is 0 Å². The Labute approximate surface area is 71.5 Å². The summed E-state index contributed by atoms with van der Waals surface area (Å²) in [4.78, 5) is 9.24. The molecule has 0 rings (SSSR count). The third-order valence-corrected chi connectivity index (χ3v) is 0.175. The summed E-state index contributed by atoms with van der Waals surface area (Å²) in [7, 11) is 0. The van der Waals surface area contributed by atoms with Crippen LogP contribution in [0.2, 0.25) is 0 Å². The van der Waals surface area contributed by atoms with Crippen LogP contribution in [0.1, 0.15) is 0 Å². The molecule has 0 saturated carbocycles. The van der Waals surface area contributed by atoms with E-state index in [1.807, 2.05) is 0 Å². The van der Waals surface area contributed by atoms with Gasteiger partial charge >= 0.3 is 49.5 Å².